The summed E-state index contributed by atoms with van der Waals surface area (Å²) in [7, 11) is 0. The lowest BCUT2D eigenvalue weighted by Crippen LogP contribution is -2.33. The zero-order valence-electron chi connectivity index (χ0n) is 12.5. The second-order valence-electron chi connectivity index (χ2n) is 4.77. The van der Waals surface area contributed by atoms with Crippen LogP contribution in [0.5, 0.6) is 0 Å². The first-order valence-corrected chi connectivity index (χ1v) is 7.33. The molecule has 0 aliphatic heterocycles. The molecule has 0 aromatic heterocycles. The minimum atomic E-state index is -0.419. The largest absolute Gasteiger partial charge is 0.445 e. The summed E-state index contributed by atoms with van der Waals surface area (Å²) in [5, 5.41) is 2.83. The molecule has 1 amide bonds. The molecule has 1 N–H and O–H groups in total. The molecule has 0 spiro atoms. The normalized spacial score (nSPS) is 12.0. The molecule has 0 saturated carbocycles. The van der Waals surface area contributed by atoms with Gasteiger partial charge in [-0.3, -0.25) is 0 Å². The van der Waals surface area contributed by atoms with Gasteiger partial charge < -0.3 is 14.8 Å². The molecule has 0 bridgehead atoms. The second kappa shape index (κ2) is 10.7. The minimum absolute atomic E-state index is 0.0510. The van der Waals surface area contributed by atoms with E-state index in [1.165, 1.54) is 0 Å². The average molecular weight is 289 g/mol. The van der Waals surface area contributed by atoms with Crippen LogP contribution in [0.1, 0.15) is 38.2 Å². The number of aldehydes is 1. The van der Waals surface area contributed by atoms with E-state index in [1.54, 1.807) is 0 Å². The van der Waals surface area contributed by atoms with Crippen LogP contribution in [0.15, 0.2) is 42.5 Å². The van der Waals surface area contributed by atoms with Gasteiger partial charge >= 0.3 is 6.09 Å². The summed E-state index contributed by atoms with van der Waals surface area (Å²) >= 11 is 0. The van der Waals surface area contributed by atoms with Crippen LogP contribution in [0.3, 0.4) is 0 Å². The van der Waals surface area contributed by atoms with Gasteiger partial charge in [0.05, 0.1) is 6.04 Å². The van der Waals surface area contributed by atoms with Crippen molar-refractivity contribution in [2.75, 3.05) is 0 Å². The Morgan fingerprint density at radius 1 is 1.29 bits per heavy atom. The standard InChI is InChI=1S/C17H23NO3/c1-2-9-16(12-7-4-8-13-19)18-17(20)21-14-15-10-5-3-6-11-15/h3,5-7,10-13,16H,2,4,8-9,14H2,1H3,(H,18,20)/b12-7-/t16-/m1/s1. The van der Waals surface area contributed by atoms with E-state index in [9.17, 15) is 9.59 Å². The Balaban J connectivity index is 2.37. The number of amides is 1. The molecule has 21 heavy (non-hydrogen) atoms. The maximum absolute atomic E-state index is 11.8. The number of rotatable bonds is 9. The third-order valence-electron chi connectivity index (χ3n) is 2.94. The molecule has 0 radical (unpaired) electrons. The SMILES string of the molecule is CCC[C@H](/C=C\CCC=O)NC(=O)OCc1ccccc1. The van der Waals surface area contributed by atoms with Crippen molar-refractivity contribution in [1.29, 1.82) is 0 Å². The van der Waals surface area contributed by atoms with Gasteiger partial charge in [0.25, 0.3) is 0 Å². The Morgan fingerprint density at radius 3 is 2.71 bits per heavy atom. The van der Waals surface area contributed by atoms with E-state index in [4.69, 9.17) is 4.74 Å². The van der Waals surface area contributed by atoms with Crippen LogP contribution in [-0.2, 0) is 16.1 Å². The maximum Gasteiger partial charge on any atom is 0.407 e. The van der Waals surface area contributed by atoms with Crippen molar-refractivity contribution in [3.05, 3.63) is 48.0 Å². The third kappa shape index (κ3) is 7.92. The molecule has 1 aromatic carbocycles. The highest BCUT2D eigenvalue weighted by molar-refractivity contribution is 5.67. The van der Waals surface area contributed by atoms with E-state index >= 15 is 0 Å². The summed E-state index contributed by atoms with van der Waals surface area (Å²) in [6, 6.07) is 9.51. The van der Waals surface area contributed by atoms with Crippen LogP contribution in [-0.4, -0.2) is 18.4 Å². The molecular formula is C17H23NO3. The molecule has 0 unspecified atom stereocenters. The summed E-state index contributed by atoms with van der Waals surface area (Å²) in [5.74, 6) is 0. The third-order valence-corrected chi connectivity index (χ3v) is 2.94. The van der Waals surface area contributed by atoms with Crippen molar-refractivity contribution in [3.63, 3.8) is 0 Å². The van der Waals surface area contributed by atoms with Crippen LogP contribution in [0.2, 0.25) is 0 Å². The highest BCUT2D eigenvalue weighted by Crippen LogP contribution is 2.03. The van der Waals surface area contributed by atoms with E-state index in [0.29, 0.717) is 12.8 Å². The van der Waals surface area contributed by atoms with Gasteiger partial charge in [-0.25, -0.2) is 4.79 Å². The second-order valence-corrected chi connectivity index (χ2v) is 4.77. The number of benzene rings is 1. The number of alkyl carbamates (subject to hydrolysis) is 1. The molecule has 0 aliphatic rings. The van der Waals surface area contributed by atoms with Crippen molar-refractivity contribution in [2.45, 2.75) is 45.3 Å². The van der Waals surface area contributed by atoms with Crippen LogP contribution in [0.25, 0.3) is 0 Å². The van der Waals surface area contributed by atoms with Gasteiger partial charge in [-0.2, -0.15) is 0 Å². The summed E-state index contributed by atoms with van der Waals surface area (Å²) in [6.07, 6.45) is 7.33. The summed E-state index contributed by atoms with van der Waals surface area (Å²) in [4.78, 5) is 22.0. The van der Waals surface area contributed by atoms with Gasteiger partial charge in [0.2, 0.25) is 0 Å². The number of nitrogens with one attached hydrogen (secondary N) is 1. The number of unbranched alkanes of at least 4 members (excludes halogenated alkanes) is 1. The highest BCUT2D eigenvalue weighted by atomic mass is 16.5. The number of carbonyl (C=O) groups excluding carboxylic acids is 2. The number of allylic oxidation sites excluding steroid dienone is 1. The van der Waals surface area contributed by atoms with E-state index in [2.05, 4.69) is 12.2 Å². The Bertz CT molecular complexity index is 443. The zero-order valence-corrected chi connectivity index (χ0v) is 12.5. The number of hydrogen-bond acceptors (Lipinski definition) is 3. The molecule has 114 valence electrons. The first-order chi connectivity index (χ1) is 10.3. The predicted octanol–water partition coefficient (Wildman–Crippen LogP) is 3.62. The minimum Gasteiger partial charge on any atom is -0.445 e. The van der Waals surface area contributed by atoms with Crippen LogP contribution >= 0.6 is 0 Å². The predicted molar refractivity (Wildman–Crippen MR) is 82.9 cm³/mol. The monoisotopic (exact) mass is 289 g/mol. The van der Waals surface area contributed by atoms with Gasteiger partial charge in [0, 0.05) is 6.42 Å². The molecule has 4 nitrogen and oxygen atoms in total. The number of hydrogen-bond donors (Lipinski definition) is 1. The molecule has 4 heteroatoms. The van der Waals surface area contributed by atoms with E-state index < -0.39 is 6.09 Å². The van der Waals surface area contributed by atoms with Crippen LogP contribution in [0, 0.1) is 0 Å². The smallest absolute Gasteiger partial charge is 0.407 e. The molecule has 0 fully saturated rings. The van der Waals surface area contributed by atoms with Crippen molar-refractivity contribution in [3.8, 4) is 0 Å². The van der Waals surface area contributed by atoms with E-state index in [0.717, 1.165) is 24.7 Å². The summed E-state index contributed by atoms with van der Waals surface area (Å²) in [6.45, 7) is 2.32. The molecule has 0 saturated heterocycles. The van der Waals surface area contributed by atoms with Gasteiger partial charge in [-0.05, 0) is 18.4 Å². The number of ether oxygens (including phenoxy) is 1. The van der Waals surface area contributed by atoms with Gasteiger partial charge in [0.1, 0.15) is 12.9 Å². The molecule has 0 aliphatic carbocycles. The van der Waals surface area contributed by atoms with Crippen LogP contribution < -0.4 is 5.32 Å². The first kappa shape index (κ1) is 17.0. The summed E-state index contributed by atoms with van der Waals surface area (Å²) in [5.41, 5.74) is 0.959. The van der Waals surface area contributed by atoms with Crippen molar-refractivity contribution < 1.29 is 14.3 Å². The fourth-order valence-corrected chi connectivity index (χ4v) is 1.87. The zero-order chi connectivity index (χ0) is 15.3. The topological polar surface area (TPSA) is 55.4 Å². The number of carbonyl (C=O) groups is 2. The van der Waals surface area contributed by atoms with Crippen molar-refractivity contribution in [2.24, 2.45) is 0 Å². The fraction of sp³-hybridized carbons (Fsp3) is 0.412. The lowest BCUT2D eigenvalue weighted by Gasteiger charge is -2.14. The van der Waals surface area contributed by atoms with Gasteiger partial charge in [0.15, 0.2) is 0 Å². The van der Waals surface area contributed by atoms with Crippen molar-refractivity contribution in [1.82, 2.24) is 5.32 Å². The Labute approximate surface area is 126 Å². The van der Waals surface area contributed by atoms with Gasteiger partial charge in [-0.1, -0.05) is 55.8 Å². The lowest BCUT2D eigenvalue weighted by atomic mass is 10.1. The lowest BCUT2D eigenvalue weighted by molar-refractivity contribution is -0.107. The highest BCUT2D eigenvalue weighted by Gasteiger charge is 2.09. The molecule has 0 heterocycles. The van der Waals surface area contributed by atoms with Crippen molar-refractivity contribution >= 4 is 12.4 Å². The molecule has 1 aromatic rings. The Kier molecular flexibility index (Phi) is 8.61. The van der Waals surface area contributed by atoms with Crippen LogP contribution in [0.4, 0.5) is 4.79 Å². The molecular weight excluding hydrogens is 266 g/mol. The quantitative estimate of drug-likeness (QED) is 0.429. The maximum atomic E-state index is 11.8. The Morgan fingerprint density at radius 2 is 2.05 bits per heavy atom. The molecule has 1 rings (SSSR count). The van der Waals surface area contributed by atoms with E-state index in [-0.39, 0.29) is 12.6 Å². The van der Waals surface area contributed by atoms with Gasteiger partial charge in [-0.15, -0.1) is 0 Å². The molecule has 1 atom stereocenters. The summed E-state index contributed by atoms with van der Waals surface area (Å²) < 4.78 is 5.19. The first-order valence-electron chi connectivity index (χ1n) is 7.33. The van der Waals surface area contributed by atoms with E-state index in [1.807, 2.05) is 42.5 Å². The fourth-order valence-electron chi connectivity index (χ4n) is 1.87. The Hall–Kier alpha value is -2.10. The average Bonchev–Trinajstić information content (AvgIpc) is 2.51.